The van der Waals surface area contributed by atoms with Crippen molar-refractivity contribution in [3.8, 4) is 0 Å². The molecule has 18 heavy (non-hydrogen) atoms. The number of hydrogen-bond acceptors (Lipinski definition) is 4. The molecule has 2 rings (SSSR count). The van der Waals surface area contributed by atoms with Crippen LogP contribution in [0.5, 0.6) is 0 Å². The number of aliphatic hydroxyl groups is 1. The predicted molar refractivity (Wildman–Crippen MR) is 73.6 cm³/mol. The lowest BCUT2D eigenvalue weighted by Gasteiger charge is -2.20. The Morgan fingerprint density at radius 1 is 1.56 bits per heavy atom. The normalized spacial score (nSPS) is 21.6. The van der Waals surface area contributed by atoms with Gasteiger partial charge in [0.25, 0.3) is 0 Å². The van der Waals surface area contributed by atoms with E-state index < -0.39 is 0 Å². The first kappa shape index (κ1) is 13.2. The van der Waals surface area contributed by atoms with E-state index in [0.717, 1.165) is 49.6 Å². The molecule has 102 valence electrons. The molecule has 1 aliphatic rings. The highest BCUT2D eigenvalue weighted by Gasteiger charge is 2.29. The molecule has 2 unspecified atom stereocenters. The van der Waals surface area contributed by atoms with E-state index in [1.165, 1.54) is 0 Å². The minimum atomic E-state index is -0.250. The van der Waals surface area contributed by atoms with Gasteiger partial charge in [0.15, 0.2) is 0 Å². The maximum atomic E-state index is 9.66. The molecule has 3 N–H and O–H groups in total. The first-order valence-corrected chi connectivity index (χ1v) is 6.79. The molecule has 1 fully saturated rings. The topological polar surface area (TPSA) is 67.3 Å². The van der Waals surface area contributed by atoms with Crippen molar-refractivity contribution in [2.75, 3.05) is 23.7 Å². The number of hydrogen-bond donors (Lipinski definition) is 2. The summed E-state index contributed by atoms with van der Waals surface area (Å²) < 4.78 is 1.88. The summed E-state index contributed by atoms with van der Waals surface area (Å²) in [6, 6.07) is 0. The van der Waals surface area contributed by atoms with Crippen LogP contribution >= 0.6 is 0 Å². The lowest BCUT2D eigenvalue weighted by atomic mass is 10.0. The molecule has 0 aliphatic carbocycles. The van der Waals surface area contributed by atoms with Crippen molar-refractivity contribution in [3.63, 3.8) is 0 Å². The van der Waals surface area contributed by atoms with E-state index in [2.05, 4.69) is 16.9 Å². The van der Waals surface area contributed by atoms with Crippen LogP contribution in [0, 0.1) is 5.92 Å². The van der Waals surface area contributed by atoms with Crippen molar-refractivity contribution in [3.05, 3.63) is 5.69 Å². The van der Waals surface area contributed by atoms with Gasteiger partial charge in [-0.15, -0.1) is 0 Å². The number of aromatic nitrogens is 2. The molecule has 2 heterocycles. The van der Waals surface area contributed by atoms with Gasteiger partial charge >= 0.3 is 0 Å². The number of nitrogens with zero attached hydrogens (tertiary/aromatic N) is 3. The highest BCUT2D eigenvalue weighted by molar-refractivity contribution is 5.67. The van der Waals surface area contributed by atoms with Crippen molar-refractivity contribution in [2.24, 2.45) is 13.0 Å². The molecule has 1 saturated heterocycles. The molecule has 0 spiro atoms. The van der Waals surface area contributed by atoms with Crippen LogP contribution in [0.2, 0.25) is 0 Å². The molecule has 5 heteroatoms. The smallest absolute Gasteiger partial charge is 0.150 e. The van der Waals surface area contributed by atoms with Crippen LogP contribution in [0.4, 0.5) is 11.5 Å². The fraction of sp³-hybridized carbons (Fsp3) is 0.769. The summed E-state index contributed by atoms with van der Waals surface area (Å²) in [5, 5.41) is 14.2. The predicted octanol–water partition coefficient (Wildman–Crippen LogP) is 1.16. The van der Waals surface area contributed by atoms with Crippen LogP contribution in [-0.2, 0) is 13.5 Å². The van der Waals surface area contributed by atoms with Crippen molar-refractivity contribution >= 4 is 11.5 Å². The Kier molecular flexibility index (Phi) is 3.80. The summed E-state index contributed by atoms with van der Waals surface area (Å²) >= 11 is 0. The lowest BCUT2D eigenvalue weighted by molar-refractivity contribution is 0.136. The maximum absolute atomic E-state index is 9.66. The van der Waals surface area contributed by atoms with Gasteiger partial charge in [0.05, 0.1) is 17.5 Å². The average Bonchev–Trinajstić information content (AvgIpc) is 2.86. The van der Waals surface area contributed by atoms with Crippen LogP contribution in [0.25, 0.3) is 0 Å². The average molecular weight is 252 g/mol. The standard InChI is InChI=1S/C13H24N4O/c1-4-5-11-12(14)13(16(3)15-11)17-7-6-10(8-17)9(2)18/h9-10,18H,4-8,14H2,1-3H3. The zero-order valence-electron chi connectivity index (χ0n) is 11.6. The van der Waals surface area contributed by atoms with Crippen LogP contribution in [0.15, 0.2) is 0 Å². The van der Waals surface area contributed by atoms with Gasteiger partial charge in [-0.2, -0.15) is 5.10 Å². The van der Waals surface area contributed by atoms with Crippen molar-refractivity contribution < 1.29 is 5.11 Å². The lowest BCUT2D eigenvalue weighted by Crippen LogP contribution is -2.26. The van der Waals surface area contributed by atoms with Crippen LogP contribution in [-0.4, -0.2) is 34.1 Å². The van der Waals surface area contributed by atoms with Gasteiger partial charge in [-0.25, -0.2) is 0 Å². The number of nitrogen functional groups attached to an aromatic ring is 1. The quantitative estimate of drug-likeness (QED) is 0.844. The second-order valence-corrected chi connectivity index (χ2v) is 5.29. The van der Waals surface area contributed by atoms with Gasteiger partial charge in [0, 0.05) is 26.1 Å². The SMILES string of the molecule is CCCc1nn(C)c(N2CCC(C(C)O)C2)c1N. The van der Waals surface area contributed by atoms with E-state index in [9.17, 15) is 5.11 Å². The third-order valence-corrected chi connectivity index (χ3v) is 3.82. The highest BCUT2D eigenvalue weighted by atomic mass is 16.3. The fourth-order valence-electron chi connectivity index (χ4n) is 2.76. The first-order chi connectivity index (χ1) is 8.54. The number of nitrogens with two attached hydrogens (primary N) is 1. The number of anilines is 2. The second-order valence-electron chi connectivity index (χ2n) is 5.29. The zero-order chi connectivity index (χ0) is 13.3. The fourth-order valence-corrected chi connectivity index (χ4v) is 2.76. The van der Waals surface area contributed by atoms with E-state index >= 15 is 0 Å². The summed E-state index contributed by atoms with van der Waals surface area (Å²) in [5.41, 5.74) is 8.01. The molecule has 5 nitrogen and oxygen atoms in total. The molecule has 0 aromatic carbocycles. The third kappa shape index (κ3) is 2.32. The molecule has 1 aromatic rings. The van der Waals surface area contributed by atoms with E-state index in [-0.39, 0.29) is 6.10 Å². The Balaban J connectivity index is 2.19. The summed E-state index contributed by atoms with van der Waals surface area (Å²) in [6.07, 6.45) is 2.75. The largest absolute Gasteiger partial charge is 0.394 e. The Hall–Kier alpha value is -1.23. The second kappa shape index (κ2) is 5.18. The highest BCUT2D eigenvalue weighted by Crippen LogP contribution is 2.32. The van der Waals surface area contributed by atoms with Gasteiger partial charge in [-0.1, -0.05) is 13.3 Å². The minimum absolute atomic E-state index is 0.250. The van der Waals surface area contributed by atoms with Crippen LogP contribution < -0.4 is 10.6 Å². The summed E-state index contributed by atoms with van der Waals surface area (Å²) in [7, 11) is 1.94. The minimum Gasteiger partial charge on any atom is -0.394 e. The summed E-state index contributed by atoms with van der Waals surface area (Å²) in [4.78, 5) is 2.25. The molecular weight excluding hydrogens is 228 g/mol. The van der Waals surface area contributed by atoms with Gasteiger partial charge < -0.3 is 15.7 Å². The molecule has 2 atom stereocenters. The molecule has 0 amide bonds. The number of aliphatic hydroxyl groups excluding tert-OH is 1. The van der Waals surface area contributed by atoms with E-state index in [1.54, 1.807) is 0 Å². The summed E-state index contributed by atoms with van der Waals surface area (Å²) in [5.74, 6) is 1.36. The summed E-state index contributed by atoms with van der Waals surface area (Å²) in [6.45, 7) is 5.81. The van der Waals surface area contributed by atoms with Crippen LogP contribution in [0.1, 0.15) is 32.4 Å². The maximum Gasteiger partial charge on any atom is 0.150 e. The molecule has 1 aliphatic heterocycles. The molecule has 0 saturated carbocycles. The Bertz CT molecular complexity index is 413. The number of rotatable bonds is 4. The van der Waals surface area contributed by atoms with E-state index in [0.29, 0.717) is 5.92 Å². The molecular formula is C13H24N4O. The van der Waals surface area contributed by atoms with Gasteiger partial charge in [-0.3, -0.25) is 4.68 Å². The molecule has 0 bridgehead atoms. The Morgan fingerprint density at radius 2 is 2.28 bits per heavy atom. The van der Waals surface area contributed by atoms with Crippen molar-refractivity contribution in [1.29, 1.82) is 0 Å². The third-order valence-electron chi connectivity index (χ3n) is 3.82. The first-order valence-electron chi connectivity index (χ1n) is 6.79. The van der Waals surface area contributed by atoms with E-state index in [1.807, 2.05) is 18.7 Å². The van der Waals surface area contributed by atoms with Crippen molar-refractivity contribution in [2.45, 2.75) is 39.2 Å². The van der Waals surface area contributed by atoms with Crippen LogP contribution in [0.3, 0.4) is 0 Å². The van der Waals surface area contributed by atoms with Gasteiger partial charge in [-0.05, 0) is 19.8 Å². The van der Waals surface area contributed by atoms with Gasteiger partial charge in [0.2, 0.25) is 0 Å². The Morgan fingerprint density at radius 3 is 2.83 bits per heavy atom. The monoisotopic (exact) mass is 252 g/mol. The van der Waals surface area contributed by atoms with Gasteiger partial charge in [0.1, 0.15) is 5.82 Å². The molecule has 1 aromatic heterocycles. The zero-order valence-corrected chi connectivity index (χ0v) is 11.6. The number of aryl methyl sites for hydroxylation is 2. The Labute approximate surface area is 109 Å². The molecule has 0 radical (unpaired) electrons. The van der Waals surface area contributed by atoms with E-state index in [4.69, 9.17) is 5.73 Å². The van der Waals surface area contributed by atoms with Crippen molar-refractivity contribution in [1.82, 2.24) is 9.78 Å².